The molecule has 1 aliphatic rings. The molecular formula is C13H20N2. The summed E-state index contributed by atoms with van der Waals surface area (Å²) in [5.74, 6) is 0. The summed E-state index contributed by atoms with van der Waals surface area (Å²) in [6, 6.07) is 7.05. The highest BCUT2D eigenvalue weighted by molar-refractivity contribution is 5.59. The summed E-state index contributed by atoms with van der Waals surface area (Å²) in [5.41, 5.74) is 10.1. The number of hydrogen-bond acceptors (Lipinski definition) is 2. The van der Waals surface area contributed by atoms with Crippen LogP contribution in [0.25, 0.3) is 0 Å². The van der Waals surface area contributed by atoms with Crippen LogP contribution in [-0.4, -0.2) is 19.1 Å². The topological polar surface area (TPSA) is 29.3 Å². The van der Waals surface area contributed by atoms with Crippen molar-refractivity contribution in [1.82, 2.24) is 0 Å². The Balaban J connectivity index is 2.24. The molecule has 1 aromatic rings. The number of likely N-dealkylation sites (N-methyl/N-ethyl adjacent to an activating group) is 1. The summed E-state index contributed by atoms with van der Waals surface area (Å²) in [6.07, 6.45) is 2.17. The van der Waals surface area contributed by atoms with Crippen molar-refractivity contribution in [3.05, 3.63) is 29.3 Å². The lowest BCUT2D eigenvalue weighted by atomic mass is 10.0. The second-order valence-corrected chi connectivity index (χ2v) is 4.47. The van der Waals surface area contributed by atoms with Crippen LogP contribution in [0.4, 0.5) is 5.69 Å². The van der Waals surface area contributed by atoms with E-state index in [-0.39, 0.29) is 6.04 Å². The van der Waals surface area contributed by atoms with E-state index in [0.29, 0.717) is 0 Å². The van der Waals surface area contributed by atoms with E-state index in [1.165, 1.54) is 29.8 Å². The van der Waals surface area contributed by atoms with E-state index < -0.39 is 0 Å². The highest BCUT2D eigenvalue weighted by Crippen LogP contribution is 2.28. The Kier molecular flexibility index (Phi) is 2.96. The first-order valence-electron chi connectivity index (χ1n) is 5.83. The SMILES string of the molecule is CCN1CCc2ccc(CC(C)N)cc21. The van der Waals surface area contributed by atoms with Crippen molar-refractivity contribution >= 4 is 5.69 Å². The molecule has 1 unspecified atom stereocenters. The molecule has 0 bridgehead atoms. The summed E-state index contributed by atoms with van der Waals surface area (Å²) in [7, 11) is 0. The van der Waals surface area contributed by atoms with Gasteiger partial charge >= 0.3 is 0 Å². The maximum atomic E-state index is 5.82. The van der Waals surface area contributed by atoms with Crippen LogP contribution < -0.4 is 10.6 Å². The molecule has 15 heavy (non-hydrogen) atoms. The zero-order valence-corrected chi connectivity index (χ0v) is 9.66. The second kappa shape index (κ2) is 4.23. The molecule has 1 heterocycles. The van der Waals surface area contributed by atoms with Crippen LogP contribution in [0.5, 0.6) is 0 Å². The molecule has 0 amide bonds. The zero-order chi connectivity index (χ0) is 10.8. The predicted octanol–water partition coefficient (Wildman–Crippen LogP) is 1.96. The van der Waals surface area contributed by atoms with Crippen LogP contribution in [0.1, 0.15) is 25.0 Å². The number of benzene rings is 1. The molecular weight excluding hydrogens is 184 g/mol. The maximum Gasteiger partial charge on any atom is 0.0402 e. The lowest BCUT2D eigenvalue weighted by Gasteiger charge is -2.17. The van der Waals surface area contributed by atoms with Crippen molar-refractivity contribution in [3.63, 3.8) is 0 Å². The van der Waals surface area contributed by atoms with E-state index in [1.807, 2.05) is 0 Å². The van der Waals surface area contributed by atoms with E-state index in [4.69, 9.17) is 5.73 Å². The lowest BCUT2D eigenvalue weighted by molar-refractivity contribution is 0.738. The molecule has 0 aliphatic carbocycles. The first-order chi connectivity index (χ1) is 7.20. The summed E-state index contributed by atoms with van der Waals surface area (Å²) < 4.78 is 0. The molecule has 2 nitrogen and oxygen atoms in total. The maximum absolute atomic E-state index is 5.82. The zero-order valence-electron chi connectivity index (χ0n) is 9.66. The lowest BCUT2D eigenvalue weighted by Crippen LogP contribution is -2.20. The molecule has 2 rings (SSSR count). The average molecular weight is 204 g/mol. The van der Waals surface area contributed by atoms with Gasteiger partial charge in [-0.2, -0.15) is 0 Å². The molecule has 2 heteroatoms. The quantitative estimate of drug-likeness (QED) is 0.815. The number of nitrogens with zero attached hydrogens (tertiary/aromatic N) is 1. The van der Waals surface area contributed by atoms with Crippen LogP contribution in [0.2, 0.25) is 0 Å². The van der Waals surface area contributed by atoms with E-state index >= 15 is 0 Å². The van der Waals surface area contributed by atoms with Crippen molar-refractivity contribution in [2.75, 3.05) is 18.0 Å². The van der Waals surface area contributed by atoms with Crippen molar-refractivity contribution < 1.29 is 0 Å². The largest absolute Gasteiger partial charge is 0.371 e. The van der Waals surface area contributed by atoms with E-state index in [9.17, 15) is 0 Å². The highest BCUT2D eigenvalue weighted by Gasteiger charge is 2.17. The van der Waals surface area contributed by atoms with Crippen molar-refractivity contribution in [2.24, 2.45) is 5.73 Å². The number of hydrogen-bond donors (Lipinski definition) is 1. The Hall–Kier alpha value is -1.02. The van der Waals surface area contributed by atoms with Crippen LogP contribution in [0, 0.1) is 0 Å². The molecule has 1 aliphatic heterocycles. The fourth-order valence-corrected chi connectivity index (χ4v) is 2.32. The van der Waals surface area contributed by atoms with Crippen LogP contribution in [-0.2, 0) is 12.8 Å². The van der Waals surface area contributed by atoms with Gasteiger partial charge in [-0.1, -0.05) is 12.1 Å². The highest BCUT2D eigenvalue weighted by atomic mass is 15.1. The van der Waals surface area contributed by atoms with Gasteiger partial charge in [0.15, 0.2) is 0 Å². The summed E-state index contributed by atoms with van der Waals surface area (Å²) in [5, 5.41) is 0. The van der Waals surface area contributed by atoms with Crippen molar-refractivity contribution in [1.29, 1.82) is 0 Å². The third-order valence-corrected chi connectivity index (χ3v) is 3.08. The molecule has 0 saturated heterocycles. The van der Waals surface area contributed by atoms with Gasteiger partial charge in [0.2, 0.25) is 0 Å². The third kappa shape index (κ3) is 2.15. The van der Waals surface area contributed by atoms with Gasteiger partial charge in [-0.15, -0.1) is 0 Å². The third-order valence-electron chi connectivity index (χ3n) is 3.08. The van der Waals surface area contributed by atoms with Crippen LogP contribution >= 0.6 is 0 Å². The van der Waals surface area contributed by atoms with Gasteiger partial charge in [-0.3, -0.25) is 0 Å². The first-order valence-corrected chi connectivity index (χ1v) is 5.83. The van der Waals surface area contributed by atoms with Crippen LogP contribution in [0.3, 0.4) is 0 Å². The minimum absolute atomic E-state index is 0.250. The Morgan fingerprint density at radius 3 is 2.93 bits per heavy atom. The molecule has 0 fully saturated rings. The fraction of sp³-hybridized carbons (Fsp3) is 0.538. The Labute approximate surface area is 92.1 Å². The molecule has 0 saturated carbocycles. The summed E-state index contributed by atoms with van der Waals surface area (Å²) >= 11 is 0. The summed E-state index contributed by atoms with van der Waals surface area (Å²) in [4.78, 5) is 2.44. The molecule has 1 aromatic carbocycles. The minimum Gasteiger partial charge on any atom is -0.371 e. The second-order valence-electron chi connectivity index (χ2n) is 4.47. The predicted molar refractivity (Wildman–Crippen MR) is 65.4 cm³/mol. The van der Waals surface area contributed by atoms with Crippen molar-refractivity contribution in [2.45, 2.75) is 32.7 Å². The Morgan fingerprint density at radius 1 is 1.47 bits per heavy atom. The van der Waals surface area contributed by atoms with Crippen molar-refractivity contribution in [3.8, 4) is 0 Å². The van der Waals surface area contributed by atoms with Gasteiger partial charge in [0, 0.05) is 24.8 Å². The standard InChI is InChI=1S/C13H20N2/c1-3-15-7-6-12-5-4-11(8-10(2)14)9-13(12)15/h4-5,9-10H,3,6-8,14H2,1-2H3. The molecule has 1 atom stereocenters. The number of nitrogens with two attached hydrogens (primary N) is 1. The van der Waals surface area contributed by atoms with Gasteiger partial charge in [0.25, 0.3) is 0 Å². The molecule has 2 N–H and O–H groups in total. The number of rotatable bonds is 3. The molecule has 82 valence electrons. The van der Waals surface area contributed by atoms with E-state index in [0.717, 1.165) is 13.0 Å². The summed E-state index contributed by atoms with van der Waals surface area (Å²) in [6.45, 7) is 6.56. The Bertz CT molecular complexity index is 344. The van der Waals surface area contributed by atoms with Gasteiger partial charge in [0.1, 0.15) is 0 Å². The molecule has 0 aromatic heterocycles. The molecule has 0 spiro atoms. The minimum atomic E-state index is 0.250. The average Bonchev–Trinajstić information content (AvgIpc) is 2.59. The van der Waals surface area contributed by atoms with E-state index in [2.05, 4.69) is 36.9 Å². The van der Waals surface area contributed by atoms with Crippen LogP contribution in [0.15, 0.2) is 18.2 Å². The smallest absolute Gasteiger partial charge is 0.0402 e. The number of anilines is 1. The monoisotopic (exact) mass is 204 g/mol. The van der Waals surface area contributed by atoms with Gasteiger partial charge < -0.3 is 10.6 Å². The number of fused-ring (bicyclic) bond motifs is 1. The normalized spacial score (nSPS) is 16.6. The van der Waals surface area contributed by atoms with Gasteiger partial charge in [-0.05, 0) is 43.9 Å². The first kappa shape index (κ1) is 10.5. The van der Waals surface area contributed by atoms with Gasteiger partial charge in [0.05, 0.1) is 0 Å². The van der Waals surface area contributed by atoms with Gasteiger partial charge in [-0.25, -0.2) is 0 Å². The molecule has 0 radical (unpaired) electrons. The Morgan fingerprint density at radius 2 is 2.27 bits per heavy atom. The van der Waals surface area contributed by atoms with E-state index in [1.54, 1.807) is 0 Å². The fourth-order valence-electron chi connectivity index (χ4n) is 2.32.